The third-order valence-corrected chi connectivity index (χ3v) is 4.42. The molecule has 2 nitrogen and oxygen atoms in total. The minimum atomic E-state index is -0.343. The van der Waals surface area contributed by atoms with E-state index in [0.717, 1.165) is 38.0 Å². The maximum atomic E-state index is 13.7. The van der Waals surface area contributed by atoms with Crippen LogP contribution in [-0.4, -0.2) is 25.3 Å². The second-order valence-corrected chi connectivity index (χ2v) is 7.53. The highest BCUT2D eigenvalue weighted by atomic mass is 35.5. The molecule has 21 heavy (non-hydrogen) atoms. The Morgan fingerprint density at radius 1 is 1.38 bits per heavy atom. The van der Waals surface area contributed by atoms with Gasteiger partial charge >= 0.3 is 0 Å². The Morgan fingerprint density at radius 3 is 2.76 bits per heavy atom. The molecular weight excluding hydrogens is 289 g/mol. The van der Waals surface area contributed by atoms with Gasteiger partial charge in [-0.3, -0.25) is 0 Å². The van der Waals surface area contributed by atoms with Crippen molar-refractivity contribution in [1.82, 2.24) is 5.32 Å². The van der Waals surface area contributed by atoms with Crippen molar-refractivity contribution >= 4 is 11.6 Å². The van der Waals surface area contributed by atoms with Crippen LogP contribution in [0.5, 0.6) is 0 Å². The number of halogens is 2. The maximum absolute atomic E-state index is 13.7. The molecule has 1 aliphatic rings. The van der Waals surface area contributed by atoms with Gasteiger partial charge in [0.25, 0.3) is 0 Å². The first-order valence-electron chi connectivity index (χ1n) is 7.57. The third kappa shape index (κ3) is 4.67. The molecule has 1 saturated heterocycles. The van der Waals surface area contributed by atoms with E-state index in [4.69, 9.17) is 16.3 Å². The topological polar surface area (TPSA) is 21.3 Å². The highest BCUT2D eigenvalue weighted by molar-refractivity contribution is 6.31. The van der Waals surface area contributed by atoms with E-state index in [1.807, 2.05) is 6.07 Å². The van der Waals surface area contributed by atoms with Crippen LogP contribution in [0.3, 0.4) is 0 Å². The molecule has 1 unspecified atom stereocenters. The largest absolute Gasteiger partial charge is 0.381 e. The molecule has 0 saturated carbocycles. The zero-order chi connectivity index (χ0) is 15.5. The van der Waals surface area contributed by atoms with Crippen LogP contribution in [0, 0.1) is 11.2 Å². The van der Waals surface area contributed by atoms with E-state index in [-0.39, 0.29) is 21.8 Å². The lowest BCUT2D eigenvalue weighted by Crippen LogP contribution is -2.48. The van der Waals surface area contributed by atoms with Crippen LogP contribution in [-0.2, 0) is 11.2 Å². The molecular formula is C17H25ClFNO. The van der Waals surface area contributed by atoms with Crippen molar-refractivity contribution in [3.63, 3.8) is 0 Å². The lowest BCUT2D eigenvalue weighted by molar-refractivity contribution is -0.00994. The van der Waals surface area contributed by atoms with Gasteiger partial charge < -0.3 is 10.1 Å². The van der Waals surface area contributed by atoms with Crippen molar-refractivity contribution in [1.29, 1.82) is 0 Å². The summed E-state index contributed by atoms with van der Waals surface area (Å²) in [4.78, 5) is 0. The number of hydrogen-bond acceptors (Lipinski definition) is 2. The quantitative estimate of drug-likeness (QED) is 0.899. The fraction of sp³-hybridized carbons (Fsp3) is 0.647. The summed E-state index contributed by atoms with van der Waals surface area (Å²) in [7, 11) is 0. The van der Waals surface area contributed by atoms with Gasteiger partial charge in [0.05, 0.1) is 11.6 Å². The molecule has 4 heteroatoms. The fourth-order valence-corrected chi connectivity index (χ4v) is 2.99. The Kier molecular flexibility index (Phi) is 5.29. The molecule has 0 aromatic heterocycles. The van der Waals surface area contributed by atoms with Gasteiger partial charge in [0.15, 0.2) is 0 Å². The average molecular weight is 314 g/mol. The Hall–Kier alpha value is -0.640. The molecule has 0 radical (unpaired) electrons. The Bertz CT molecular complexity index is 478. The van der Waals surface area contributed by atoms with E-state index < -0.39 is 0 Å². The van der Waals surface area contributed by atoms with E-state index in [2.05, 4.69) is 26.1 Å². The van der Waals surface area contributed by atoms with Gasteiger partial charge in [-0.05, 0) is 51.7 Å². The normalized spacial score (nSPS) is 23.3. The van der Waals surface area contributed by atoms with Gasteiger partial charge in [-0.1, -0.05) is 23.7 Å². The van der Waals surface area contributed by atoms with Crippen LogP contribution in [0.4, 0.5) is 4.39 Å². The van der Waals surface area contributed by atoms with Crippen LogP contribution in [0.1, 0.15) is 39.2 Å². The molecule has 1 heterocycles. The van der Waals surface area contributed by atoms with Crippen molar-refractivity contribution in [2.75, 3.05) is 19.8 Å². The fourth-order valence-electron chi connectivity index (χ4n) is 2.79. The summed E-state index contributed by atoms with van der Waals surface area (Å²) in [5.41, 5.74) is 0.914. The number of rotatable bonds is 4. The SMILES string of the molecule is CC(C)(C)NCC1(Cc2cccc(F)c2Cl)CCCOC1. The Balaban J connectivity index is 2.17. The lowest BCUT2D eigenvalue weighted by atomic mass is 9.76. The number of hydrogen-bond donors (Lipinski definition) is 1. The summed E-state index contributed by atoms with van der Waals surface area (Å²) in [6.07, 6.45) is 2.86. The van der Waals surface area contributed by atoms with Gasteiger partial charge in [-0.25, -0.2) is 4.39 Å². The first kappa shape index (κ1) is 16.7. The first-order valence-corrected chi connectivity index (χ1v) is 7.95. The van der Waals surface area contributed by atoms with E-state index >= 15 is 0 Å². The van der Waals surface area contributed by atoms with Crippen LogP contribution < -0.4 is 5.32 Å². The summed E-state index contributed by atoms with van der Waals surface area (Å²) >= 11 is 6.13. The molecule has 0 amide bonds. The Labute approximate surface area is 132 Å². The second kappa shape index (κ2) is 6.64. The van der Waals surface area contributed by atoms with E-state index in [0.29, 0.717) is 6.61 Å². The number of benzene rings is 1. The minimum Gasteiger partial charge on any atom is -0.381 e. The monoisotopic (exact) mass is 313 g/mol. The van der Waals surface area contributed by atoms with Gasteiger partial charge in [0.2, 0.25) is 0 Å². The lowest BCUT2D eigenvalue weighted by Gasteiger charge is -2.39. The molecule has 1 atom stereocenters. The zero-order valence-corrected chi connectivity index (χ0v) is 13.9. The van der Waals surface area contributed by atoms with Crippen LogP contribution in [0.2, 0.25) is 5.02 Å². The predicted octanol–water partition coefficient (Wildman–Crippen LogP) is 4.21. The predicted molar refractivity (Wildman–Crippen MR) is 85.4 cm³/mol. The van der Waals surface area contributed by atoms with Crippen molar-refractivity contribution in [2.45, 2.75) is 45.6 Å². The summed E-state index contributed by atoms with van der Waals surface area (Å²) in [6.45, 7) is 8.82. The molecule has 1 aliphatic heterocycles. The van der Waals surface area contributed by atoms with Crippen LogP contribution >= 0.6 is 11.6 Å². The third-order valence-electron chi connectivity index (χ3n) is 3.99. The standard InChI is InChI=1S/C17H25ClFNO/c1-16(2,3)20-11-17(8-5-9-21-12-17)10-13-6-4-7-14(19)15(13)18/h4,6-7,20H,5,8-12H2,1-3H3. The molecule has 1 aromatic rings. The van der Waals surface area contributed by atoms with E-state index in [1.54, 1.807) is 6.07 Å². The molecule has 0 aliphatic carbocycles. The van der Waals surface area contributed by atoms with Gasteiger partial charge in [0.1, 0.15) is 5.82 Å². The molecule has 0 spiro atoms. The molecule has 1 N–H and O–H groups in total. The van der Waals surface area contributed by atoms with Gasteiger partial charge in [-0.15, -0.1) is 0 Å². The summed E-state index contributed by atoms with van der Waals surface area (Å²) in [6, 6.07) is 5.05. The van der Waals surface area contributed by atoms with Gasteiger partial charge in [0, 0.05) is 24.1 Å². The molecule has 1 fully saturated rings. The van der Waals surface area contributed by atoms with Gasteiger partial charge in [-0.2, -0.15) is 0 Å². The average Bonchev–Trinajstić information content (AvgIpc) is 2.42. The molecule has 0 bridgehead atoms. The number of ether oxygens (including phenoxy) is 1. The van der Waals surface area contributed by atoms with Crippen LogP contribution in [0.15, 0.2) is 18.2 Å². The molecule has 118 valence electrons. The van der Waals surface area contributed by atoms with E-state index in [9.17, 15) is 4.39 Å². The highest BCUT2D eigenvalue weighted by Gasteiger charge is 2.34. The smallest absolute Gasteiger partial charge is 0.142 e. The second-order valence-electron chi connectivity index (χ2n) is 7.15. The minimum absolute atomic E-state index is 0.0109. The van der Waals surface area contributed by atoms with Crippen molar-refractivity contribution < 1.29 is 9.13 Å². The first-order chi connectivity index (χ1) is 9.81. The van der Waals surface area contributed by atoms with Crippen molar-refractivity contribution in [3.8, 4) is 0 Å². The number of nitrogens with one attached hydrogen (secondary N) is 1. The van der Waals surface area contributed by atoms with Crippen LogP contribution in [0.25, 0.3) is 0 Å². The summed E-state index contributed by atoms with van der Waals surface area (Å²) < 4.78 is 19.4. The summed E-state index contributed by atoms with van der Waals surface area (Å²) in [5.74, 6) is -0.343. The molecule has 2 rings (SSSR count). The van der Waals surface area contributed by atoms with E-state index in [1.165, 1.54) is 6.07 Å². The summed E-state index contributed by atoms with van der Waals surface area (Å²) in [5, 5.41) is 3.82. The molecule has 1 aromatic carbocycles. The van der Waals surface area contributed by atoms with Crippen molar-refractivity contribution in [2.24, 2.45) is 5.41 Å². The zero-order valence-electron chi connectivity index (χ0n) is 13.1. The highest BCUT2D eigenvalue weighted by Crippen LogP contribution is 2.35. The Morgan fingerprint density at radius 2 is 2.14 bits per heavy atom. The van der Waals surface area contributed by atoms with Crippen molar-refractivity contribution in [3.05, 3.63) is 34.6 Å². The maximum Gasteiger partial charge on any atom is 0.142 e.